The lowest BCUT2D eigenvalue weighted by atomic mass is 10.0. The first-order valence-corrected chi connectivity index (χ1v) is 50.3. The molecule has 0 aromatic heterocycles. The first-order chi connectivity index (χ1) is 60.5. The van der Waals surface area contributed by atoms with Gasteiger partial charge in [-0.3, -0.25) is 0 Å². The third-order valence-corrected chi connectivity index (χ3v) is 32.2. The molecule has 7 heterocycles. The van der Waals surface area contributed by atoms with Gasteiger partial charge in [0.25, 0.3) is 0 Å². The van der Waals surface area contributed by atoms with Crippen LogP contribution in [-0.4, -0.2) is 136 Å². The number of piperidine rings is 1. The van der Waals surface area contributed by atoms with Crippen molar-refractivity contribution in [2.45, 2.75) is 184 Å². The fourth-order valence-electron chi connectivity index (χ4n) is 18.5. The SMILES string of the molecule is Cc1ccc2c(c1)N(CCCN(CCCN1c3ccccc3Sc3ccc(C)cc31)C(C)C)c1ccccc1S2.Cc1ccc2c(c1)N(CCCN(CCCN1c3ccccc3Sc3ccc(Cl)cc31)C(C)C)c1ccccc1S2.Cc1ccc2c(c1)N(CCCN(CCCN1c3ccccc3Sc3ccc(Cl)cc31)C1CCN(C)CC1)c1ccccc1S2. The Morgan fingerprint density at radius 3 is 0.726 bits per heavy atom. The van der Waals surface area contributed by atoms with Crippen LogP contribution in [0.2, 0.25) is 10.0 Å². The number of rotatable bonds is 27. The predicted octanol–water partition coefficient (Wildman–Crippen LogP) is 29.5. The van der Waals surface area contributed by atoms with Gasteiger partial charge in [-0.25, -0.2) is 0 Å². The van der Waals surface area contributed by atoms with E-state index >= 15 is 0 Å². The monoisotopic (exact) mass is 1790 g/mol. The van der Waals surface area contributed by atoms with Crippen molar-refractivity contribution in [3.63, 3.8) is 0 Å². The number of anilines is 12. The third kappa shape index (κ3) is 20.6. The van der Waals surface area contributed by atoms with E-state index in [0.29, 0.717) is 18.1 Å². The number of fused-ring (bicyclic) bond motifs is 12. The van der Waals surface area contributed by atoms with E-state index in [1.54, 1.807) is 0 Å². The van der Waals surface area contributed by atoms with Gasteiger partial charge in [0.15, 0.2) is 0 Å². The molecule has 0 amide bonds. The van der Waals surface area contributed by atoms with E-state index < -0.39 is 0 Å². The Morgan fingerprint density at radius 2 is 0.484 bits per heavy atom. The second-order valence-electron chi connectivity index (χ2n) is 34.4. The van der Waals surface area contributed by atoms with Gasteiger partial charge in [-0.05, 0) is 307 Å². The molecule has 0 aliphatic carbocycles. The van der Waals surface area contributed by atoms with Gasteiger partial charge in [-0.2, -0.15) is 0 Å². The number of hydrogen-bond acceptors (Lipinski definition) is 16. The van der Waals surface area contributed by atoms with Gasteiger partial charge in [-0.1, -0.05) is 191 Å². The van der Waals surface area contributed by atoms with Gasteiger partial charge in [0, 0.05) is 165 Å². The average Bonchev–Trinajstić information content (AvgIpc) is 0.801. The van der Waals surface area contributed by atoms with Crippen molar-refractivity contribution < 1.29 is 0 Å². The zero-order valence-electron chi connectivity index (χ0n) is 73.2. The van der Waals surface area contributed by atoms with Crippen LogP contribution in [-0.2, 0) is 0 Å². The molecule has 12 aromatic carbocycles. The van der Waals surface area contributed by atoms with Crippen LogP contribution in [0.3, 0.4) is 0 Å². The van der Waals surface area contributed by atoms with Crippen LogP contribution >= 0.6 is 93.8 Å². The molecule has 640 valence electrons. The molecule has 0 unspecified atom stereocenters. The highest BCUT2D eigenvalue weighted by Gasteiger charge is 2.33. The van der Waals surface area contributed by atoms with Crippen molar-refractivity contribution in [1.82, 2.24) is 19.6 Å². The molecule has 124 heavy (non-hydrogen) atoms. The second kappa shape index (κ2) is 40.9. The van der Waals surface area contributed by atoms with Crippen molar-refractivity contribution in [3.8, 4) is 0 Å². The van der Waals surface area contributed by atoms with Crippen LogP contribution in [0.1, 0.15) is 101 Å². The molecular formula is C106H116Cl2N10S6. The summed E-state index contributed by atoms with van der Waals surface area (Å²) < 4.78 is 0. The molecular weight excluding hydrogens is 1680 g/mol. The van der Waals surface area contributed by atoms with E-state index in [4.69, 9.17) is 23.2 Å². The summed E-state index contributed by atoms with van der Waals surface area (Å²) in [6.07, 6.45) is 9.24. The number of nitrogens with zero attached hydrogens (tertiary/aromatic N) is 10. The lowest BCUT2D eigenvalue weighted by Crippen LogP contribution is -2.45. The molecule has 19 rings (SSSR count). The van der Waals surface area contributed by atoms with E-state index in [9.17, 15) is 0 Å². The lowest BCUT2D eigenvalue weighted by Gasteiger charge is -2.39. The second-order valence-corrected chi connectivity index (χ2v) is 41.8. The molecule has 18 heteroatoms. The molecule has 0 N–H and O–H groups in total. The van der Waals surface area contributed by atoms with E-state index in [1.807, 2.05) is 82.7 Å². The summed E-state index contributed by atoms with van der Waals surface area (Å²) in [5, 5.41) is 1.60. The summed E-state index contributed by atoms with van der Waals surface area (Å²) in [4.78, 5) is 41.9. The maximum atomic E-state index is 6.51. The van der Waals surface area contributed by atoms with Crippen molar-refractivity contribution >= 4 is 162 Å². The van der Waals surface area contributed by atoms with E-state index in [1.165, 1.54) is 175 Å². The van der Waals surface area contributed by atoms with E-state index in [2.05, 4.69) is 354 Å². The Balaban J connectivity index is 0.000000132. The van der Waals surface area contributed by atoms with Gasteiger partial charge in [0.1, 0.15) is 0 Å². The lowest BCUT2D eigenvalue weighted by molar-refractivity contribution is 0.119. The Labute approximate surface area is 773 Å². The van der Waals surface area contributed by atoms with E-state index in [0.717, 1.165) is 127 Å². The molecule has 0 atom stereocenters. The summed E-state index contributed by atoms with van der Waals surface area (Å²) in [5.74, 6) is 0. The summed E-state index contributed by atoms with van der Waals surface area (Å²) in [7, 11) is 2.26. The summed E-state index contributed by atoms with van der Waals surface area (Å²) in [5.41, 5.74) is 21.1. The number of hydrogen-bond donors (Lipinski definition) is 0. The minimum atomic E-state index is 0.504. The standard InChI is InChI=1S/C37H41ClN4S2.C35H39N3S2.C34H36ClN3S2/c1-27-13-15-36-32(25-27)41(30-9-3-5-11-34(30)43-36)21-7-19-40(29-17-23-39(2)24-18-29)20-8-22-42-31-10-4-6-12-35(31)44-37-16-14-28(38)26-33(37)42;1-25(2)36(19-9-21-37-28-11-5-7-13-32(28)39-34-17-15-26(3)23-30(34)37)20-10-22-38-29-12-6-8-14-33(29)40-35-18-16-27(4)24-31(35)38;1-24(2)36(18-8-20-37-27-10-4-6-12-31(27)39-33-16-14-25(3)22-29(33)37)19-9-21-38-28-11-5-7-13-32(28)40-34-17-15-26(35)23-30(34)38/h3-6,9-16,25-26,29H,7-8,17-24H2,1-2H3;5-8,11-18,23-25H,9-10,19-22H2,1-4H3;4-7,10-17,22-24H,8-9,18-21H2,1-3H3. The zero-order chi connectivity index (χ0) is 85.3. The third-order valence-electron chi connectivity index (χ3n) is 24.9. The summed E-state index contributed by atoms with van der Waals surface area (Å²) in [6, 6.07) is 94.8. The predicted molar refractivity (Wildman–Crippen MR) is 536 cm³/mol. The molecule has 0 spiro atoms. The minimum absolute atomic E-state index is 0.504. The molecule has 0 saturated carbocycles. The van der Waals surface area contributed by atoms with Gasteiger partial charge < -0.3 is 49.0 Å². The Kier molecular flexibility index (Phi) is 29.1. The number of aryl methyl sites for hydroxylation is 4. The largest absolute Gasteiger partial charge is 0.340 e. The zero-order valence-corrected chi connectivity index (χ0v) is 79.6. The van der Waals surface area contributed by atoms with Crippen molar-refractivity contribution in [2.75, 3.05) is 128 Å². The summed E-state index contributed by atoms with van der Waals surface area (Å²) >= 11 is 24.2. The molecule has 7 aliphatic rings. The first kappa shape index (κ1) is 88.0. The van der Waals surface area contributed by atoms with Gasteiger partial charge in [-0.15, -0.1) is 0 Å². The number of halogens is 2. The smallest absolute Gasteiger partial charge is 0.0567 e. The highest BCUT2D eigenvalue weighted by molar-refractivity contribution is 8.01. The van der Waals surface area contributed by atoms with Gasteiger partial charge in [0.2, 0.25) is 0 Å². The molecule has 10 nitrogen and oxygen atoms in total. The highest BCUT2D eigenvalue weighted by Crippen LogP contribution is 2.55. The molecule has 1 saturated heterocycles. The van der Waals surface area contributed by atoms with Crippen molar-refractivity contribution in [1.29, 1.82) is 0 Å². The Bertz CT molecular complexity index is 5170. The fourth-order valence-corrected chi connectivity index (χ4v) is 25.3. The van der Waals surface area contributed by atoms with Crippen LogP contribution in [0, 0.1) is 27.7 Å². The quantitative estimate of drug-likeness (QED) is 0.0489. The molecule has 0 radical (unpaired) electrons. The average molecular weight is 1790 g/mol. The topological polar surface area (TPSA) is 32.4 Å². The Hall–Kier alpha value is -8.04. The van der Waals surface area contributed by atoms with E-state index in [-0.39, 0.29) is 0 Å². The van der Waals surface area contributed by atoms with Crippen LogP contribution in [0.4, 0.5) is 68.2 Å². The molecule has 0 bridgehead atoms. The molecule has 7 aliphatic heterocycles. The minimum Gasteiger partial charge on any atom is -0.340 e. The highest BCUT2D eigenvalue weighted by atomic mass is 35.5. The van der Waals surface area contributed by atoms with Crippen LogP contribution in [0.5, 0.6) is 0 Å². The van der Waals surface area contributed by atoms with Crippen molar-refractivity contribution in [3.05, 3.63) is 287 Å². The first-order valence-electron chi connectivity index (χ1n) is 44.7. The van der Waals surface area contributed by atoms with Gasteiger partial charge in [0.05, 0.1) is 68.2 Å². The maximum Gasteiger partial charge on any atom is 0.0567 e. The normalized spacial score (nSPS) is 14.7. The van der Waals surface area contributed by atoms with Crippen LogP contribution in [0.25, 0.3) is 0 Å². The maximum absolute atomic E-state index is 6.51. The van der Waals surface area contributed by atoms with Crippen molar-refractivity contribution in [2.24, 2.45) is 0 Å². The van der Waals surface area contributed by atoms with Crippen LogP contribution in [0.15, 0.2) is 314 Å². The fraction of sp³-hybridized carbons (Fsp3) is 0.321. The van der Waals surface area contributed by atoms with Gasteiger partial charge >= 0.3 is 0 Å². The number of likely N-dealkylation sites (tertiary alicyclic amines) is 1. The van der Waals surface area contributed by atoms with Crippen LogP contribution < -0.4 is 29.4 Å². The number of benzene rings is 12. The Morgan fingerprint density at radius 1 is 0.274 bits per heavy atom. The number of para-hydroxylation sites is 6. The summed E-state index contributed by atoms with van der Waals surface area (Å²) in [6.45, 7) is 33.2. The molecule has 1 fully saturated rings. The molecule has 12 aromatic rings.